The third-order valence-corrected chi connectivity index (χ3v) is 6.02. The van der Waals surface area contributed by atoms with Crippen molar-refractivity contribution < 1.29 is 9.53 Å². The molecule has 7 nitrogen and oxygen atoms in total. The zero-order valence-corrected chi connectivity index (χ0v) is 17.7. The van der Waals surface area contributed by atoms with Crippen molar-refractivity contribution in [3.05, 3.63) is 11.6 Å². The summed E-state index contributed by atoms with van der Waals surface area (Å²) < 4.78 is 5.38. The van der Waals surface area contributed by atoms with Crippen LogP contribution in [0, 0.1) is 0 Å². The molecule has 1 unspecified atom stereocenters. The van der Waals surface area contributed by atoms with E-state index in [1.807, 2.05) is 4.90 Å². The summed E-state index contributed by atoms with van der Waals surface area (Å²) in [6.45, 7) is 13.0. The molecule has 7 heteroatoms. The minimum Gasteiger partial charge on any atom is -0.377 e. The number of hydrogen-bond donors (Lipinski definition) is 1. The molecule has 0 radical (unpaired) electrons. The van der Waals surface area contributed by atoms with Crippen molar-refractivity contribution in [2.75, 3.05) is 65.6 Å². The second-order valence-corrected chi connectivity index (χ2v) is 7.90. The Morgan fingerprint density at radius 3 is 2.57 bits per heavy atom. The molecule has 1 atom stereocenters. The molecule has 2 fully saturated rings. The van der Waals surface area contributed by atoms with Gasteiger partial charge in [0, 0.05) is 52.4 Å². The van der Waals surface area contributed by atoms with Gasteiger partial charge in [-0.15, -0.1) is 0 Å². The topological polar surface area (TPSA) is 60.4 Å². The van der Waals surface area contributed by atoms with Crippen molar-refractivity contribution in [2.24, 2.45) is 4.99 Å². The van der Waals surface area contributed by atoms with Crippen LogP contribution < -0.4 is 5.32 Å². The molecule has 3 aliphatic heterocycles. The van der Waals surface area contributed by atoms with E-state index in [9.17, 15) is 4.79 Å². The van der Waals surface area contributed by atoms with E-state index in [-0.39, 0.29) is 6.04 Å². The highest BCUT2D eigenvalue weighted by Gasteiger charge is 2.30. The van der Waals surface area contributed by atoms with Crippen LogP contribution in [0.5, 0.6) is 0 Å². The van der Waals surface area contributed by atoms with Gasteiger partial charge in [0.1, 0.15) is 0 Å². The maximum absolute atomic E-state index is 12.7. The van der Waals surface area contributed by atoms with Gasteiger partial charge in [-0.1, -0.05) is 11.6 Å². The molecule has 0 aromatic rings. The van der Waals surface area contributed by atoms with E-state index in [0.717, 1.165) is 97.2 Å². The fourth-order valence-corrected chi connectivity index (χ4v) is 4.20. The zero-order chi connectivity index (χ0) is 19.8. The van der Waals surface area contributed by atoms with Crippen LogP contribution >= 0.6 is 0 Å². The summed E-state index contributed by atoms with van der Waals surface area (Å²) in [5, 5.41) is 3.44. The van der Waals surface area contributed by atoms with Gasteiger partial charge < -0.3 is 19.9 Å². The molecule has 0 saturated carbocycles. The lowest BCUT2D eigenvalue weighted by Crippen LogP contribution is -2.57. The van der Waals surface area contributed by atoms with E-state index in [0.29, 0.717) is 5.91 Å². The summed E-state index contributed by atoms with van der Waals surface area (Å²) in [6, 6.07) is -0.0137. The van der Waals surface area contributed by atoms with Gasteiger partial charge in [-0.05, 0) is 39.5 Å². The predicted molar refractivity (Wildman–Crippen MR) is 113 cm³/mol. The normalized spacial score (nSPS) is 22.9. The van der Waals surface area contributed by atoms with E-state index in [2.05, 4.69) is 35.0 Å². The molecule has 0 aliphatic carbocycles. The Bertz CT molecular complexity index is 563. The second-order valence-electron chi connectivity index (χ2n) is 7.90. The Kier molecular flexibility index (Phi) is 8.15. The average Bonchev–Trinajstić information content (AvgIpc) is 3.28. The molecule has 1 amide bonds. The smallest absolute Gasteiger partial charge is 0.239 e. The van der Waals surface area contributed by atoms with E-state index < -0.39 is 0 Å². The molecule has 0 aromatic heterocycles. The van der Waals surface area contributed by atoms with E-state index in [1.54, 1.807) is 0 Å². The Hall–Kier alpha value is -1.60. The van der Waals surface area contributed by atoms with Crippen LogP contribution in [0.1, 0.15) is 39.5 Å². The van der Waals surface area contributed by atoms with Crippen LogP contribution in [0.25, 0.3) is 0 Å². The number of guanidine groups is 1. The van der Waals surface area contributed by atoms with Crippen molar-refractivity contribution >= 4 is 11.9 Å². The first-order valence-corrected chi connectivity index (χ1v) is 11.0. The number of likely N-dealkylation sites (tertiary alicyclic amines) is 1. The lowest BCUT2D eigenvalue weighted by molar-refractivity contribution is -0.135. The van der Waals surface area contributed by atoms with Gasteiger partial charge in [-0.25, -0.2) is 0 Å². The van der Waals surface area contributed by atoms with Crippen LogP contribution in [0.2, 0.25) is 0 Å². The van der Waals surface area contributed by atoms with Crippen LogP contribution in [0.15, 0.2) is 16.6 Å². The number of aliphatic imine (C=N–C) groups is 1. The molecule has 2 saturated heterocycles. The molecule has 0 aromatic carbocycles. The second kappa shape index (κ2) is 10.8. The minimum atomic E-state index is -0.0137. The number of piperazine rings is 1. The number of ether oxygens (including phenoxy) is 1. The number of carbonyl (C=O) groups is 1. The molecule has 28 heavy (non-hydrogen) atoms. The van der Waals surface area contributed by atoms with Crippen LogP contribution in [0.3, 0.4) is 0 Å². The van der Waals surface area contributed by atoms with Crippen molar-refractivity contribution in [1.82, 2.24) is 20.0 Å². The summed E-state index contributed by atoms with van der Waals surface area (Å²) in [5.41, 5.74) is 1.46. The van der Waals surface area contributed by atoms with Gasteiger partial charge in [-0.3, -0.25) is 14.7 Å². The summed E-state index contributed by atoms with van der Waals surface area (Å²) in [5.74, 6) is 1.31. The van der Waals surface area contributed by atoms with Crippen LogP contribution in [-0.4, -0.2) is 98.2 Å². The van der Waals surface area contributed by atoms with Gasteiger partial charge in [0.25, 0.3) is 0 Å². The van der Waals surface area contributed by atoms with Gasteiger partial charge >= 0.3 is 0 Å². The third-order valence-electron chi connectivity index (χ3n) is 6.02. The Labute approximate surface area is 169 Å². The first-order chi connectivity index (χ1) is 13.7. The molecule has 0 bridgehead atoms. The fraction of sp³-hybridized carbons (Fsp3) is 0.810. The largest absolute Gasteiger partial charge is 0.377 e. The maximum atomic E-state index is 12.7. The molecule has 1 N–H and O–H groups in total. The fourth-order valence-electron chi connectivity index (χ4n) is 4.20. The number of nitrogens with zero attached hydrogens (tertiary/aromatic N) is 4. The molecular formula is C21H37N5O2. The Morgan fingerprint density at radius 2 is 1.93 bits per heavy atom. The Morgan fingerprint density at radius 1 is 1.18 bits per heavy atom. The standard InChI is InChI=1S/C21H37N5O2/c1-3-22-21(23-9-6-19-7-16-28-17-8-19)26-14-12-24(13-15-26)18(2)20(27)25-10-4-5-11-25/h7,18H,3-6,8-17H2,1-2H3,(H,22,23). The molecule has 3 aliphatic rings. The number of hydrogen-bond acceptors (Lipinski definition) is 4. The lowest BCUT2D eigenvalue weighted by atomic mass is 10.1. The monoisotopic (exact) mass is 391 g/mol. The number of rotatable bonds is 6. The highest BCUT2D eigenvalue weighted by molar-refractivity contribution is 5.82. The summed E-state index contributed by atoms with van der Waals surface area (Å²) in [6.07, 6.45) is 6.55. The summed E-state index contributed by atoms with van der Waals surface area (Å²) in [7, 11) is 0. The number of carbonyl (C=O) groups excluding carboxylic acids is 1. The van der Waals surface area contributed by atoms with Gasteiger partial charge in [-0.2, -0.15) is 0 Å². The van der Waals surface area contributed by atoms with Crippen molar-refractivity contribution in [2.45, 2.75) is 45.6 Å². The van der Waals surface area contributed by atoms with E-state index in [4.69, 9.17) is 9.73 Å². The Balaban J connectivity index is 1.48. The van der Waals surface area contributed by atoms with Crippen LogP contribution in [-0.2, 0) is 9.53 Å². The summed E-state index contributed by atoms with van der Waals surface area (Å²) in [4.78, 5) is 24.2. The highest BCUT2D eigenvalue weighted by atomic mass is 16.5. The molecular weight excluding hydrogens is 354 g/mol. The van der Waals surface area contributed by atoms with Gasteiger partial charge in [0.15, 0.2) is 5.96 Å². The van der Waals surface area contributed by atoms with Crippen molar-refractivity contribution in [3.8, 4) is 0 Å². The highest BCUT2D eigenvalue weighted by Crippen LogP contribution is 2.15. The van der Waals surface area contributed by atoms with E-state index >= 15 is 0 Å². The molecule has 3 rings (SSSR count). The summed E-state index contributed by atoms with van der Waals surface area (Å²) >= 11 is 0. The average molecular weight is 392 g/mol. The SMILES string of the molecule is CCNC(=NCCC1=CCOCC1)N1CCN(C(C)C(=O)N2CCCC2)CC1. The molecule has 3 heterocycles. The first-order valence-electron chi connectivity index (χ1n) is 11.0. The molecule has 0 spiro atoms. The number of amides is 1. The zero-order valence-electron chi connectivity index (χ0n) is 17.7. The maximum Gasteiger partial charge on any atom is 0.239 e. The van der Waals surface area contributed by atoms with Gasteiger partial charge in [0.05, 0.1) is 19.3 Å². The predicted octanol–water partition coefficient (Wildman–Crippen LogP) is 1.32. The van der Waals surface area contributed by atoms with Crippen LogP contribution in [0.4, 0.5) is 0 Å². The van der Waals surface area contributed by atoms with Crippen molar-refractivity contribution in [3.63, 3.8) is 0 Å². The first kappa shape index (κ1) is 21.1. The minimum absolute atomic E-state index is 0.0137. The molecule has 158 valence electrons. The number of nitrogens with one attached hydrogen (secondary N) is 1. The van der Waals surface area contributed by atoms with E-state index in [1.165, 1.54) is 5.57 Å². The lowest BCUT2D eigenvalue weighted by Gasteiger charge is -2.39. The van der Waals surface area contributed by atoms with Crippen molar-refractivity contribution in [1.29, 1.82) is 0 Å². The third kappa shape index (κ3) is 5.70. The quantitative estimate of drug-likeness (QED) is 0.420. The van der Waals surface area contributed by atoms with Gasteiger partial charge in [0.2, 0.25) is 5.91 Å².